The fourth-order valence-corrected chi connectivity index (χ4v) is 2.56. The molecule has 0 saturated heterocycles. The van der Waals surface area contributed by atoms with Crippen molar-refractivity contribution in [2.24, 2.45) is 10.9 Å². The Kier molecular flexibility index (Phi) is 12.6. The first-order valence-electron chi connectivity index (χ1n) is 10.3. The van der Waals surface area contributed by atoms with E-state index >= 15 is 0 Å². The highest BCUT2D eigenvalue weighted by Gasteiger charge is 2.25. The van der Waals surface area contributed by atoms with Crippen molar-refractivity contribution in [2.45, 2.75) is 78.4 Å². The monoisotopic (exact) mass is 525 g/mol. The van der Waals surface area contributed by atoms with E-state index in [2.05, 4.69) is 26.3 Å². The molecule has 2 amide bonds. The zero-order valence-corrected chi connectivity index (χ0v) is 21.1. The Bertz CT molecular complexity index is 543. The van der Waals surface area contributed by atoms with Crippen LogP contribution in [0.1, 0.15) is 67.2 Å². The van der Waals surface area contributed by atoms with Crippen LogP contribution in [0.5, 0.6) is 0 Å². The van der Waals surface area contributed by atoms with Gasteiger partial charge in [-0.1, -0.05) is 6.42 Å². The first-order chi connectivity index (χ1) is 13.0. The molecule has 0 heterocycles. The predicted octanol–water partition coefficient (Wildman–Crippen LogP) is 2.77. The molecule has 1 aliphatic rings. The molecule has 0 atom stereocenters. The maximum Gasteiger partial charge on any atom is 0.408 e. The molecular weight excluding hydrogens is 485 g/mol. The van der Waals surface area contributed by atoms with E-state index in [0.29, 0.717) is 25.6 Å². The van der Waals surface area contributed by atoms with Crippen LogP contribution in [-0.4, -0.2) is 55.3 Å². The van der Waals surface area contributed by atoms with Gasteiger partial charge in [0.25, 0.3) is 0 Å². The lowest BCUT2D eigenvalue weighted by molar-refractivity contribution is -0.127. The Morgan fingerprint density at radius 2 is 1.66 bits per heavy atom. The summed E-state index contributed by atoms with van der Waals surface area (Å²) in [7, 11) is 0. The van der Waals surface area contributed by atoms with Crippen LogP contribution < -0.4 is 21.3 Å². The van der Waals surface area contributed by atoms with Gasteiger partial charge in [-0.25, -0.2) is 4.79 Å². The van der Waals surface area contributed by atoms with E-state index < -0.39 is 17.2 Å². The molecular formula is C20H40IN5O3. The number of hydrogen-bond acceptors (Lipinski definition) is 4. The van der Waals surface area contributed by atoms with Gasteiger partial charge in [0, 0.05) is 25.6 Å². The Hall–Kier alpha value is -1.26. The third-order valence-electron chi connectivity index (χ3n) is 4.24. The summed E-state index contributed by atoms with van der Waals surface area (Å²) in [5.41, 5.74) is -1.07. The summed E-state index contributed by atoms with van der Waals surface area (Å²) in [6, 6.07) is 0. The number of carbonyl (C=O) groups excluding carboxylic acids is 2. The normalized spacial score (nSPS) is 14.9. The van der Waals surface area contributed by atoms with Crippen LogP contribution >= 0.6 is 24.0 Å². The van der Waals surface area contributed by atoms with Crippen molar-refractivity contribution in [3.63, 3.8) is 0 Å². The summed E-state index contributed by atoms with van der Waals surface area (Å²) in [5.74, 6) is 1.10. The van der Waals surface area contributed by atoms with Crippen molar-refractivity contribution >= 4 is 41.9 Å². The predicted molar refractivity (Wildman–Crippen MR) is 128 cm³/mol. The van der Waals surface area contributed by atoms with Crippen molar-refractivity contribution in [3.8, 4) is 0 Å². The lowest BCUT2D eigenvalue weighted by Gasteiger charge is -2.27. The lowest BCUT2D eigenvalue weighted by atomic mass is 9.85. The maximum atomic E-state index is 12.0. The van der Waals surface area contributed by atoms with E-state index in [-0.39, 0.29) is 35.8 Å². The molecule has 9 heteroatoms. The molecule has 1 aliphatic carbocycles. The van der Waals surface area contributed by atoms with Gasteiger partial charge in [0.05, 0.1) is 12.1 Å². The van der Waals surface area contributed by atoms with E-state index in [1.165, 1.54) is 6.42 Å². The molecule has 29 heavy (non-hydrogen) atoms. The van der Waals surface area contributed by atoms with Gasteiger partial charge >= 0.3 is 6.09 Å². The van der Waals surface area contributed by atoms with Crippen LogP contribution in [0.15, 0.2) is 4.99 Å². The number of ether oxygens (including phenoxy) is 1. The minimum atomic E-state index is -0.540. The summed E-state index contributed by atoms with van der Waals surface area (Å²) in [4.78, 5) is 28.3. The highest BCUT2D eigenvalue weighted by Crippen LogP contribution is 2.25. The summed E-state index contributed by atoms with van der Waals surface area (Å²) in [6.45, 7) is 13.8. The summed E-state index contributed by atoms with van der Waals surface area (Å²) in [6.07, 6.45) is 3.58. The number of carbonyl (C=O) groups is 2. The van der Waals surface area contributed by atoms with E-state index in [1.54, 1.807) is 0 Å². The molecule has 1 fully saturated rings. The quantitative estimate of drug-likeness (QED) is 0.161. The Morgan fingerprint density at radius 1 is 1.03 bits per heavy atom. The molecule has 8 nitrogen and oxygen atoms in total. The summed E-state index contributed by atoms with van der Waals surface area (Å²) in [5, 5.41) is 12.3. The van der Waals surface area contributed by atoms with Gasteiger partial charge in [0.1, 0.15) is 5.60 Å². The summed E-state index contributed by atoms with van der Waals surface area (Å²) < 4.78 is 5.30. The highest BCUT2D eigenvalue weighted by atomic mass is 127. The van der Waals surface area contributed by atoms with Crippen LogP contribution in [0.2, 0.25) is 0 Å². The van der Waals surface area contributed by atoms with Crippen LogP contribution in [0.3, 0.4) is 0 Å². The second kappa shape index (κ2) is 13.1. The zero-order valence-electron chi connectivity index (χ0n) is 18.8. The average molecular weight is 525 g/mol. The molecule has 0 aromatic carbocycles. The Labute approximate surface area is 192 Å². The van der Waals surface area contributed by atoms with Gasteiger partial charge in [-0.2, -0.15) is 0 Å². The van der Waals surface area contributed by atoms with Gasteiger partial charge in [0.2, 0.25) is 5.91 Å². The maximum absolute atomic E-state index is 12.0. The minimum absolute atomic E-state index is 0. The van der Waals surface area contributed by atoms with Crippen LogP contribution in [-0.2, 0) is 9.53 Å². The number of guanidine groups is 1. The molecule has 0 bridgehead atoms. The first-order valence-corrected chi connectivity index (χ1v) is 10.3. The Morgan fingerprint density at radius 3 is 2.17 bits per heavy atom. The smallest absolute Gasteiger partial charge is 0.408 e. The third-order valence-corrected chi connectivity index (χ3v) is 4.24. The van der Waals surface area contributed by atoms with Crippen molar-refractivity contribution in [2.75, 3.05) is 26.2 Å². The molecule has 170 valence electrons. The largest absolute Gasteiger partial charge is 0.444 e. The molecule has 1 saturated carbocycles. The van der Waals surface area contributed by atoms with Crippen molar-refractivity contribution < 1.29 is 14.3 Å². The Balaban J connectivity index is 0.00000784. The second-order valence-electron chi connectivity index (χ2n) is 8.91. The van der Waals surface area contributed by atoms with Crippen molar-refractivity contribution in [1.82, 2.24) is 21.3 Å². The fourth-order valence-electron chi connectivity index (χ4n) is 2.56. The van der Waals surface area contributed by atoms with E-state index in [1.807, 2.05) is 41.5 Å². The molecule has 0 aliphatic heterocycles. The lowest BCUT2D eigenvalue weighted by Crippen LogP contribution is -2.49. The molecule has 4 N–H and O–H groups in total. The molecule has 0 aromatic heterocycles. The molecule has 0 radical (unpaired) electrons. The average Bonchev–Trinajstić information content (AvgIpc) is 2.47. The summed E-state index contributed by atoms with van der Waals surface area (Å²) >= 11 is 0. The van der Waals surface area contributed by atoms with Gasteiger partial charge < -0.3 is 26.0 Å². The number of halogens is 1. The molecule has 1 rings (SSSR count). The second-order valence-corrected chi connectivity index (χ2v) is 8.91. The van der Waals surface area contributed by atoms with Gasteiger partial charge in [0.15, 0.2) is 5.96 Å². The van der Waals surface area contributed by atoms with Crippen molar-refractivity contribution in [3.05, 3.63) is 0 Å². The minimum Gasteiger partial charge on any atom is -0.444 e. The number of alkyl carbamates (subject to hydrolysis) is 1. The number of amides is 2. The number of rotatable bonds is 9. The molecule has 0 spiro atoms. The number of nitrogens with one attached hydrogen (secondary N) is 4. The van der Waals surface area contributed by atoms with Crippen LogP contribution in [0.25, 0.3) is 0 Å². The SMILES string of the molecule is CCNC(=NCC(C)(C)NC(=O)OC(C)(C)C)NCCCNC(=O)C1CCC1.I. The van der Waals surface area contributed by atoms with E-state index in [0.717, 1.165) is 25.8 Å². The van der Waals surface area contributed by atoms with Gasteiger partial charge in [-0.05, 0) is 60.8 Å². The van der Waals surface area contributed by atoms with Gasteiger partial charge in [-0.15, -0.1) is 24.0 Å². The fraction of sp³-hybridized carbons (Fsp3) is 0.850. The topological polar surface area (TPSA) is 104 Å². The zero-order chi connectivity index (χ0) is 21.2. The highest BCUT2D eigenvalue weighted by molar-refractivity contribution is 14.0. The molecule has 0 unspecified atom stereocenters. The standard InChI is InChI=1S/C20H39N5O3.HI/c1-7-21-17(23-13-9-12-22-16(26)15-10-8-11-15)24-14-20(5,6)25-18(27)28-19(2,3)4;/h15H,7-14H2,1-6H3,(H,22,26)(H,25,27)(H2,21,23,24);1H. The number of hydrogen-bond donors (Lipinski definition) is 4. The molecule has 0 aromatic rings. The van der Waals surface area contributed by atoms with Gasteiger partial charge in [-0.3, -0.25) is 9.79 Å². The van der Waals surface area contributed by atoms with Crippen molar-refractivity contribution in [1.29, 1.82) is 0 Å². The van der Waals surface area contributed by atoms with Crippen LogP contribution in [0, 0.1) is 5.92 Å². The number of nitrogens with zero attached hydrogens (tertiary/aromatic N) is 1. The first kappa shape index (κ1) is 27.7. The third kappa shape index (κ3) is 12.8. The van der Waals surface area contributed by atoms with E-state index in [9.17, 15) is 9.59 Å². The number of aliphatic imine (C=N–C) groups is 1. The van der Waals surface area contributed by atoms with E-state index in [4.69, 9.17) is 4.74 Å². The van der Waals surface area contributed by atoms with Crippen LogP contribution in [0.4, 0.5) is 4.79 Å².